The van der Waals surface area contributed by atoms with Crippen LogP contribution in [0.3, 0.4) is 0 Å². The van der Waals surface area contributed by atoms with Crippen molar-refractivity contribution in [2.45, 2.75) is 19.5 Å². The van der Waals surface area contributed by atoms with Crippen molar-refractivity contribution in [2.24, 2.45) is 10.2 Å². The molecular formula is C23H18ClFN8O. The van der Waals surface area contributed by atoms with E-state index in [1.165, 1.54) is 18.5 Å². The zero-order valence-corrected chi connectivity index (χ0v) is 18.5. The maximum absolute atomic E-state index is 13.3. The summed E-state index contributed by atoms with van der Waals surface area (Å²) in [5.41, 5.74) is 4.76. The van der Waals surface area contributed by atoms with Gasteiger partial charge in [-0.15, -0.1) is 0 Å². The minimum absolute atomic E-state index is 0.00333. The lowest BCUT2D eigenvalue weighted by Crippen LogP contribution is -2.24. The lowest BCUT2D eigenvalue weighted by atomic mass is 10.1. The van der Waals surface area contributed by atoms with Crippen LogP contribution in [0.2, 0.25) is 5.02 Å². The third-order valence-corrected chi connectivity index (χ3v) is 5.58. The molecule has 11 heteroatoms. The van der Waals surface area contributed by atoms with Gasteiger partial charge < -0.3 is 10.6 Å². The molecule has 0 bridgehead atoms. The molecule has 170 valence electrons. The third kappa shape index (κ3) is 4.48. The summed E-state index contributed by atoms with van der Waals surface area (Å²) in [6.45, 7) is 0.679. The molecule has 1 amide bonds. The van der Waals surface area contributed by atoms with Crippen molar-refractivity contribution in [3.05, 3.63) is 82.0 Å². The first-order chi connectivity index (χ1) is 16.6. The van der Waals surface area contributed by atoms with E-state index in [0.717, 1.165) is 23.3 Å². The Bertz CT molecular complexity index is 1430. The smallest absolute Gasteiger partial charge is 0.272 e. The molecule has 1 aliphatic rings. The summed E-state index contributed by atoms with van der Waals surface area (Å²) in [6.07, 6.45) is 3.83. The summed E-state index contributed by atoms with van der Waals surface area (Å²) in [5, 5.41) is 21.1. The quantitative estimate of drug-likeness (QED) is 0.374. The Labute approximate surface area is 198 Å². The number of anilines is 1. The minimum atomic E-state index is -0.513. The van der Waals surface area contributed by atoms with E-state index in [1.54, 1.807) is 12.3 Å². The van der Waals surface area contributed by atoms with E-state index in [0.29, 0.717) is 29.0 Å². The van der Waals surface area contributed by atoms with Gasteiger partial charge in [-0.25, -0.2) is 14.4 Å². The van der Waals surface area contributed by atoms with E-state index in [1.807, 2.05) is 24.3 Å². The van der Waals surface area contributed by atoms with Gasteiger partial charge in [-0.2, -0.15) is 15.3 Å². The highest BCUT2D eigenvalue weighted by Crippen LogP contribution is 2.21. The fraction of sp³-hybridized carbons (Fsp3) is 0.130. The Hall–Kier alpha value is -4.18. The number of carbonyl (C=O) groups excluding carboxylic acids is 1. The first-order valence-corrected chi connectivity index (χ1v) is 10.8. The van der Waals surface area contributed by atoms with Gasteiger partial charge in [0.1, 0.15) is 23.2 Å². The van der Waals surface area contributed by atoms with Crippen molar-refractivity contribution in [2.75, 3.05) is 5.32 Å². The maximum Gasteiger partial charge on any atom is 0.272 e. The van der Waals surface area contributed by atoms with Crippen molar-refractivity contribution < 1.29 is 9.18 Å². The van der Waals surface area contributed by atoms with Crippen molar-refractivity contribution in [3.63, 3.8) is 0 Å². The van der Waals surface area contributed by atoms with Crippen LogP contribution in [0.25, 0.3) is 11.0 Å². The van der Waals surface area contributed by atoms with Crippen LogP contribution in [0.5, 0.6) is 0 Å². The second-order valence-electron chi connectivity index (χ2n) is 7.55. The van der Waals surface area contributed by atoms with E-state index in [2.05, 4.69) is 41.0 Å². The molecule has 5 rings (SSSR count). The number of amides is 1. The summed E-state index contributed by atoms with van der Waals surface area (Å²) in [5.74, 6) is -0.424. The van der Waals surface area contributed by atoms with E-state index < -0.39 is 11.7 Å². The van der Waals surface area contributed by atoms with Crippen molar-refractivity contribution >= 4 is 46.3 Å². The second kappa shape index (κ2) is 9.36. The Morgan fingerprint density at radius 2 is 1.91 bits per heavy atom. The van der Waals surface area contributed by atoms with Gasteiger partial charge in [0, 0.05) is 25.7 Å². The molecule has 0 aliphatic carbocycles. The summed E-state index contributed by atoms with van der Waals surface area (Å²) in [6, 6.07) is 12.3. The van der Waals surface area contributed by atoms with E-state index in [9.17, 15) is 9.18 Å². The average molecular weight is 477 g/mol. The Morgan fingerprint density at radius 3 is 2.68 bits per heavy atom. The first-order valence-electron chi connectivity index (χ1n) is 10.4. The number of benzene rings is 2. The molecular weight excluding hydrogens is 459 g/mol. The van der Waals surface area contributed by atoms with Crippen LogP contribution in [0.4, 0.5) is 10.2 Å². The van der Waals surface area contributed by atoms with Crippen molar-refractivity contribution in [3.8, 4) is 0 Å². The molecule has 2 aromatic carbocycles. The molecule has 0 saturated heterocycles. The Kier molecular flexibility index (Phi) is 5.96. The number of hydrogen-bond acceptors (Lipinski definition) is 7. The van der Waals surface area contributed by atoms with Gasteiger partial charge in [0.2, 0.25) is 0 Å². The number of carbonyl (C=O) groups is 1. The van der Waals surface area contributed by atoms with Crippen LogP contribution in [-0.4, -0.2) is 38.0 Å². The monoisotopic (exact) mass is 476 g/mol. The van der Waals surface area contributed by atoms with Gasteiger partial charge in [-0.05, 0) is 28.8 Å². The van der Waals surface area contributed by atoms with Gasteiger partial charge in [0.15, 0.2) is 11.5 Å². The molecule has 4 aromatic rings. The highest BCUT2D eigenvalue weighted by Gasteiger charge is 2.17. The molecule has 0 radical (unpaired) electrons. The van der Waals surface area contributed by atoms with E-state index >= 15 is 0 Å². The Morgan fingerprint density at radius 1 is 1.09 bits per heavy atom. The topological polar surface area (TPSA) is 120 Å². The van der Waals surface area contributed by atoms with Gasteiger partial charge >= 0.3 is 0 Å². The molecule has 34 heavy (non-hydrogen) atoms. The van der Waals surface area contributed by atoms with E-state index in [-0.39, 0.29) is 17.3 Å². The van der Waals surface area contributed by atoms with Crippen LogP contribution >= 0.6 is 11.6 Å². The predicted molar refractivity (Wildman–Crippen MR) is 128 cm³/mol. The Balaban J connectivity index is 1.26. The lowest BCUT2D eigenvalue weighted by Gasteiger charge is -2.07. The SMILES string of the molecule is O=C(NCc1ccc(F)c(Cl)c1)c1ncnc2c(NCc3ccc(C4=NN=CC4)cc3)n[nH]c12. The number of aromatic amines is 1. The first kappa shape index (κ1) is 21.7. The molecule has 9 nitrogen and oxygen atoms in total. The zero-order chi connectivity index (χ0) is 23.5. The maximum atomic E-state index is 13.3. The molecule has 0 spiro atoms. The molecule has 0 unspecified atom stereocenters. The molecule has 3 heterocycles. The number of nitrogens with one attached hydrogen (secondary N) is 3. The van der Waals surface area contributed by atoms with E-state index in [4.69, 9.17) is 11.6 Å². The van der Waals surface area contributed by atoms with Crippen LogP contribution in [0.15, 0.2) is 59.0 Å². The van der Waals surface area contributed by atoms with Crippen LogP contribution < -0.4 is 10.6 Å². The number of aromatic nitrogens is 4. The number of rotatable bonds is 7. The van der Waals surface area contributed by atoms with Gasteiger partial charge in [0.05, 0.1) is 10.7 Å². The number of nitrogens with zero attached hydrogens (tertiary/aromatic N) is 5. The van der Waals surface area contributed by atoms with Gasteiger partial charge in [0.25, 0.3) is 5.91 Å². The second-order valence-corrected chi connectivity index (χ2v) is 7.96. The molecule has 2 aromatic heterocycles. The molecule has 1 aliphatic heterocycles. The molecule has 0 atom stereocenters. The third-order valence-electron chi connectivity index (χ3n) is 5.30. The van der Waals surface area contributed by atoms with Crippen LogP contribution in [0.1, 0.15) is 33.6 Å². The van der Waals surface area contributed by atoms with Gasteiger partial charge in [-0.1, -0.05) is 41.9 Å². The minimum Gasteiger partial charge on any atom is -0.363 e. The average Bonchev–Trinajstić information content (AvgIpc) is 3.54. The molecule has 0 fully saturated rings. The fourth-order valence-electron chi connectivity index (χ4n) is 3.50. The summed E-state index contributed by atoms with van der Waals surface area (Å²) in [4.78, 5) is 21.1. The number of halogens is 2. The van der Waals surface area contributed by atoms with Gasteiger partial charge in [-0.3, -0.25) is 9.89 Å². The number of H-pyrrole nitrogens is 1. The summed E-state index contributed by atoms with van der Waals surface area (Å²) in [7, 11) is 0. The predicted octanol–water partition coefficient (Wildman–Crippen LogP) is 3.87. The number of fused-ring (bicyclic) bond motifs is 1. The fourth-order valence-corrected chi connectivity index (χ4v) is 3.70. The zero-order valence-electron chi connectivity index (χ0n) is 17.7. The van der Waals surface area contributed by atoms with Crippen molar-refractivity contribution in [1.29, 1.82) is 0 Å². The highest BCUT2D eigenvalue weighted by molar-refractivity contribution is 6.30. The van der Waals surface area contributed by atoms with Crippen molar-refractivity contribution in [1.82, 2.24) is 25.5 Å². The molecule has 0 saturated carbocycles. The summed E-state index contributed by atoms with van der Waals surface area (Å²) >= 11 is 5.80. The highest BCUT2D eigenvalue weighted by atomic mass is 35.5. The normalized spacial score (nSPS) is 12.7. The lowest BCUT2D eigenvalue weighted by molar-refractivity contribution is 0.0947. The largest absolute Gasteiger partial charge is 0.363 e. The standard InChI is InChI=1S/C23H18ClFN8O/c24-16-9-14(3-6-17(16)25)11-27-23(34)21-19-20(28-12-29-21)22(33-32-19)26-10-13-1-4-15(5-2-13)18-7-8-30-31-18/h1-6,8-9,12H,7,10-11H2,(H,27,34)(H2,26,32,33). The van der Waals surface area contributed by atoms with Crippen LogP contribution in [-0.2, 0) is 13.1 Å². The van der Waals surface area contributed by atoms with Crippen LogP contribution in [0, 0.1) is 5.82 Å². The summed E-state index contributed by atoms with van der Waals surface area (Å²) < 4.78 is 13.3. The molecule has 3 N–H and O–H groups in total. The number of hydrogen-bond donors (Lipinski definition) is 3.